The molecule has 1 fully saturated rings. The van der Waals surface area contributed by atoms with Gasteiger partial charge in [0, 0.05) is 16.9 Å². The van der Waals surface area contributed by atoms with Crippen molar-refractivity contribution in [3.8, 4) is 0 Å². The molecule has 2 aromatic rings. The molecule has 1 aliphatic rings. The maximum Gasteiger partial charge on any atom is 0.325 e. The van der Waals surface area contributed by atoms with Crippen molar-refractivity contribution in [3.63, 3.8) is 0 Å². The Hall–Kier alpha value is -2.83. The zero-order valence-corrected chi connectivity index (χ0v) is 19.7. The number of anilines is 2. The molecule has 10 nitrogen and oxygen atoms in total. The molecule has 0 radical (unpaired) electrons. The van der Waals surface area contributed by atoms with Gasteiger partial charge in [-0.25, -0.2) is 22.9 Å². The summed E-state index contributed by atoms with van der Waals surface area (Å²) in [4.78, 5) is 40.1. The van der Waals surface area contributed by atoms with Crippen LogP contribution >= 0.6 is 11.3 Å². The fourth-order valence-electron chi connectivity index (χ4n) is 3.55. The third-order valence-electron chi connectivity index (χ3n) is 5.24. The van der Waals surface area contributed by atoms with Gasteiger partial charge in [-0.1, -0.05) is 24.5 Å². The molecule has 178 valence electrons. The van der Waals surface area contributed by atoms with Gasteiger partial charge in [-0.2, -0.15) is 0 Å². The fourth-order valence-corrected chi connectivity index (χ4v) is 5.21. The van der Waals surface area contributed by atoms with Crippen molar-refractivity contribution in [2.24, 2.45) is 5.92 Å². The number of carboxylic acid groups (broad SMARTS) is 1. The van der Waals surface area contributed by atoms with Gasteiger partial charge in [0.15, 0.2) is 10.9 Å². The SMILES string of the molecule is Cc1ccc(NC(=O)Nc2nc(CNS(=O)(=O)CCC(=O)O)cs2)c(C(=O)C2CCCC2)c1. The predicted molar refractivity (Wildman–Crippen MR) is 125 cm³/mol. The van der Waals surface area contributed by atoms with Gasteiger partial charge >= 0.3 is 12.0 Å². The number of aromatic nitrogens is 1. The molecule has 3 rings (SSSR count). The van der Waals surface area contributed by atoms with Crippen LogP contribution in [0.2, 0.25) is 0 Å². The predicted octanol–water partition coefficient (Wildman–Crippen LogP) is 3.36. The first-order chi connectivity index (χ1) is 15.6. The fraction of sp³-hybridized carbons (Fsp3) is 0.429. The summed E-state index contributed by atoms with van der Waals surface area (Å²) in [7, 11) is -3.75. The Balaban J connectivity index is 1.59. The number of carbonyl (C=O) groups excluding carboxylic acids is 2. The molecule has 1 saturated carbocycles. The van der Waals surface area contributed by atoms with Crippen molar-refractivity contribution in [1.82, 2.24) is 9.71 Å². The summed E-state index contributed by atoms with van der Waals surface area (Å²) >= 11 is 1.11. The third kappa shape index (κ3) is 7.34. The Morgan fingerprint density at radius 2 is 1.91 bits per heavy atom. The van der Waals surface area contributed by atoms with Gasteiger partial charge in [0.05, 0.1) is 30.1 Å². The maximum absolute atomic E-state index is 12.9. The number of hydrogen-bond acceptors (Lipinski definition) is 7. The number of aryl methyl sites for hydroxylation is 1. The Bertz CT molecular complexity index is 1140. The van der Waals surface area contributed by atoms with Crippen LogP contribution in [-0.2, 0) is 21.4 Å². The lowest BCUT2D eigenvalue weighted by Gasteiger charge is -2.14. The van der Waals surface area contributed by atoms with Gasteiger partial charge in [0.1, 0.15) is 0 Å². The number of rotatable bonds is 10. The number of urea groups is 1. The summed E-state index contributed by atoms with van der Waals surface area (Å²) < 4.78 is 25.9. The van der Waals surface area contributed by atoms with Crippen LogP contribution in [0.25, 0.3) is 0 Å². The van der Waals surface area contributed by atoms with Gasteiger partial charge in [0.2, 0.25) is 10.0 Å². The zero-order valence-electron chi connectivity index (χ0n) is 18.1. The number of nitrogens with zero attached hydrogens (tertiary/aromatic N) is 1. The highest BCUT2D eigenvalue weighted by Crippen LogP contribution is 2.31. The summed E-state index contributed by atoms with van der Waals surface area (Å²) in [6.07, 6.45) is 3.30. The lowest BCUT2D eigenvalue weighted by atomic mass is 9.94. The van der Waals surface area contributed by atoms with Crippen LogP contribution in [0.15, 0.2) is 23.6 Å². The van der Waals surface area contributed by atoms with Crippen molar-refractivity contribution in [2.75, 3.05) is 16.4 Å². The topological polar surface area (TPSA) is 155 Å². The van der Waals surface area contributed by atoms with E-state index in [1.54, 1.807) is 17.5 Å². The van der Waals surface area contributed by atoms with Crippen LogP contribution in [-0.4, -0.2) is 42.0 Å². The van der Waals surface area contributed by atoms with Crippen LogP contribution in [0.1, 0.15) is 53.7 Å². The Kier molecular flexibility index (Phi) is 8.16. The van der Waals surface area contributed by atoms with Gasteiger partial charge in [-0.15, -0.1) is 11.3 Å². The largest absolute Gasteiger partial charge is 0.481 e. The van der Waals surface area contributed by atoms with Crippen LogP contribution in [0.4, 0.5) is 15.6 Å². The van der Waals surface area contributed by atoms with Gasteiger partial charge in [-0.05, 0) is 31.9 Å². The van der Waals surface area contributed by atoms with E-state index in [9.17, 15) is 22.8 Å². The molecular formula is C21H26N4O6S2. The highest BCUT2D eigenvalue weighted by Gasteiger charge is 2.26. The van der Waals surface area contributed by atoms with Crippen molar-refractivity contribution in [2.45, 2.75) is 45.6 Å². The van der Waals surface area contributed by atoms with Gasteiger partial charge in [-0.3, -0.25) is 14.9 Å². The van der Waals surface area contributed by atoms with E-state index in [-0.39, 0.29) is 23.4 Å². The molecule has 1 heterocycles. The summed E-state index contributed by atoms with van der Waals surface area (Å²) in [5.41, 5.74) is 2.23. The number of amides is 2. The number of ketones is 1. The number of sulfonamides is 1. The van der Waals surface area contributed by atoms with E-state index in [1.165, 1.54) is 0 Å². The highest BCUT2D eigenvalue weighted by atomic mass is 32.2. The Morgan fingerprint density at radius 1 is 1.18 bits per heavy atom. The van der Waals surface area contributed by atoms with Crippen molar-refractivity contribution in [3.05, 3.63) is 40.4 Å². The van der Waals surface area contributed by atoms with Crippen molar-refractivity contribution < 1.29 is 27.9 Å². The number of hydrogen-bond donors (Lipinski definition) is 4. The number of carboxylic acids is 1. The van der Waals surface area contributed by atoms with Gasteiger partial charge in [0.25, 0.3) is 0 Å². The quantitative estimate of drug-likeness (QED) is 0.369. The van der Waals surface area contributed by atoms with E-state index in [1.807, 2.05) is 13.0 Å². The maximum atomic E-state index is 12.9. The van der Waals surface area contributed by atoms with E-state index in [4.69, 9.17) is 5.11 Å². The normalized spacial score (nSPS) is 14.2. The second-order valence-corrected chi connectivity index (χ2v) is 10.7. The molecule has 33 heavy (non-hydrogen) atoms. The molecule has 0 bridgehead atoms. The number of Topliss-reactive ketones (excluding diaryl/α,β-unsaturated/α-hetero) is 1. The van der Waals surface area contributed by atoms with Crippen LogP contribution in [0.3, 0.4) is 0 Å². The summed E-state index contributed by atoms with van der Waals surface area (Å²) in [5.74, 6) is -1.71. The number of aliphatic carboxylic acids is 1. The van der Waals surface area contributed by atoms with Crippen LogP contribution < -0.4 is 15.4 Å². The minimum Gasteiger partial charge on any atom is -0.481 e. The lowest BCUT2D eigenvalue weighted by Crippen LogP contribution is -2.27. The molecule has 0 aliphatic heterocycles. The van der Waals surface area contributed by atoms with Crippen LogP contribution in [0, 0.1) is 12.8 Å². The van der Waals surface area contributed by atoms with E-state index >= 15 is 0 Å². The van der Waals surface area contributed by atoms with Crippen LogP contribution in [0.5, 0.6) is 0 Å². The molecule has 0 saturated heterocycles. The monoisotopic (exact) mass is 494 g/mol. The second kappa shape index (κ2) is 10.9. The highest BCUT2D eigenvalue weighted by molar-refractivity contribution is 7.89. The first-order valence-electron chi connectivity index (χ1n) is 10.5. The van der Waals surface area contributed by atoms with E-state index in [0.29, 0.717) is 16.9 Å². The minimum atomic E-state index is -3.75. The van der Waals surface area contributed by atoms with E-state index in [2.05, 4.69) is 20.3 Å². The average Bonchev–Trinajstić information content (AvgIpc) is 3.44. The first-order valence-corrected chi connectivity index (χ1v) is 13.0. The molecule has 0 spiro atoms. The summed E-state index contributed by atoms with van der Waals surface area (Å²) in [6, 6.07) is 4.74. The minimum absolute atomic E-state index is 0.0174. The Morgan fingerprint density at radius 3 is 2.61 bits per heavy atom. The number of benzene rings is 1. The molecule has 12 heteroatoms. The first kappa shape index (κ1) is 24.8. The van der Waals surface area contributed by atoms with E-state index < -0.39 is 34.2 Å². The number of carbonyl (C=O) groups is 3. The molecule has 1 aromatic heterocycles. The second-order valence-electron chi connectivity index (χ2n) is 7.90. The molecule has 1 aliphatic carbocycles. The molecular weight excluding hydrogens is 468 g/mol. The third-order valence-corrected chi connectivity index (χ3v) is 7.38. The summed E-state index contributed by atoms with van der Waals surface area (Å²) in [5, 5.41) is 15.7. The molecule has 1 aromatic carbocycles. The molecule has 4 N–H and O–H groups in total. The average molecular weight is 495 g/mol. The zero-order chi connectivity index (χ0) is 24.0. The summed E-state index contributed by atoms with van der Waals surface area (Å²) in [6.45, 7) is 1.77. The van der Waals surface area contributed by atoms with Crippen molar-refractivity contribution >= 4 is 50.0 Å². The van der Waals surface area contributed by atoms with E-state index in [0.717, 1.165) is 42.6 Å². The molecule has 0 unspecified atom stereocenters. The Labute approximate surface area is 195 Å². The number of thiazole rings is 1. The standard InChI is InChI=1S/C21H26N4O6S2/c1-13-6-7-17(16(10-13)19(28)14-4-2-3-5-14)24-20(29)25-21-23-15(12-32-21)11-22-33(30,31)9-8-18(26)27/h6-7,10,12,14,22H,2-5,8-9,11H2,1H3,(H,26,27)(H2,23,24,25,29). The number of nitrogens with one attached hydrogen (secondary N) is 3. The smallest absolute Gasteiger partial charge is 0.325 e. The molecule has 2 amide bonds. The van der Waals surface area contributed by atoms with Crippen molar-refractivity contribution in [1.29, 1.82) is 0 Å². The van der Waals surface area contributed by atoms with Gasteiger partial charge < -0.3 is 10.4 Å². The molecule has 0 atom stereocenters. The lowest BCUT2D eigenvalue weighted by molar-refractivity contribution is -0.136.